The Labute approximate surface area is 141 Å². The van der Waals surface area contributed by atoms with Crippen LogP contribution in [0.5, 0.6) is 0 Å². The summed E-state index contributed by atoms with van der Waals surface area (Å²) in [5.74, 6) is 0. The van der Waals surface area contributed by atoms with Crippen LogP contribution in [0.15, 0.2) is 42.5 Å². The second kappa shape index (κ2) is 7.80. The van der Waals surface area contributed by atoms with Gasteiger partial charge in [-0.05, 0) is 23.3 Å². The topological polar surface area (TPSA) is 38.3 Å². The smallest absolute Gasteiger partial charge is 0.407 e. The highest BCUT2D eigenvalue weighted by molar-refractivity contribution is 9.09. The molecule has 1 atom stereocenters. The van der Waals surface area contributed by atoms with Crippen LogP contribution >= 0.6 is 31.9 Å². The molecule has 0 bridgehead atoms. The van der Waals surface area contributed by atoms with Crippen molar-refractivity contribution >= 4 is 48.7 Å². The van der Waals surface area contributed by atoms with Crippen LogP contribution in [0.2, 0.25) is 0 Å². The molecule has 0 aliphatic rings. The van der Waals surface area contributed by atoms with E-state index in [1.54, 1.807) is 0 Å². The largest absolute Gasteiger partial charge is 0.444 e. The van der Waals surface area contributed by atoms with Gasteiger partial charge in [0, 0.05) is 10.7 Å². The number of carbonyl (C=O) groups is 1. The van der Waals surface area contributed by atoms with Crippen molar-refractivity contribution < 1.29 is 9.53 Å². The molecular weight excluding hydrogens is 398 g/mol. The van der Waals surface area contributed by atoms with E-state index in [-0.39, 0.29) is 12.1 Å². The SMILES string of the molecule is C[C@H](NC(=O)OC(CBr)CBr)c1cccc2ccccc12. The number of halogens is 2. The van der Waals surface area contributed by atoms with Gasteiger partial charge in [-0.15, -0.1) is 0 Å². The van der Waals surface area contributed by atoms with Crippen molar-refractivity contribution in [2.75, 3.05) is 10.7 Å². The van der Waals surface area contributed by atoms with Crippen LogP contribution in [-0.2, 0) is 4.74 Å². The summed E-state index contributed by atoms with van der Waals surface area (Å²) in [6, 6.07) is 14.1. The van der Waals surface area contributed by atoms with Gasteiger partial charge in [0.05, 0.1) is 6.04 Å². The van der Waals surface area contributed by atoms with Crippen LogP contribution in [0.1, 0.15) is 18.5 Å². The lowest BCUT2D eigenvalue weighted by atomic mass is 10.00. The number of amides is 1. The predicted molar refractivity (Wildman–Crippen MR) is 93.4 cm³/mol. The molecule has 112 valence electrons. The summed E-state index contributed by atoms with van der Waals surface area (Å²) < 4.78 is 5.31. The van der Waals surface area contributed by atoms with Gasteiger partial charge in [0.1, 0.15) is 6.10 Å². The Morgan fingerprint density at radius 2 is 1.81 bits per heavy atom. The van der Waals surface area contributed by atoms with Crippen LogP contribution in [0, 0.1) is 0 Å². The number of alkyl halides is 2. The molecule has 2 rings (SSSR count). The number of hydrogen-bond donors (Lipinski definition) is 1. The standard InChI is InChI=1S/C16H17Br2NO2/c1-11(19-16(20)21-13(9-17)10-18)14-8-4-6-12-5-2-3-7-15(12)14/h2-8,11,13H,9-10H2,1H3,(H,19,20)/t11-/m0/s1. The molecule has 2 aromatic carbocycles. The number of ether oxygens (including phenoxy) is 1. The van der Waals surface area contributed by atoms with E-state index in [1.807, 2.05) is 31.2 Å². The van der Waals surface area contributed by atoms with Gasteiger partial charge in [-0.2, -0.15) is 0 Å². The zero-order chi connectivity index (χ0) is 15.2. The fourth-order valence-electron chi connectivity index (χ4n) is 2.17. The van der Waals surface area contributed by atoms with E-state index in [0.717, 1.165) is 16.3 Å². The van der Waals surface area contributed by atoms with E-state index < -0.39 is 6.09 Å². The first-order valence-electron chi connectivity index (χ1n) is 6.72. The molecule has 1 amide bonds. The van der Waals surface area contributed by atoms with Crippen molar-refractivity contribution in [2.45, 2.75) is 19.1 Å². The molecular formula is C16H17Br2NO2. The zero-order valence-electron chi connectivity index (χ0n) is 11.7. The molecule has 2 aromatic rings. The lowest BCUT2D eigenvalue weighted by Gasteiger charge is -2.19. The molecule has 1 N–H and O–H groups in total. The third-order valence-corrected chi connectivity index (χ3v) is 4.69. The molecule has 5 heteroatoms. The molecule has 0 saturated carbocycles. The summed E-state index contributed by atoms with van der Waals surface area (Å²) in [7, 11) is 0. The lowest BCUT2D eigenvalue weighted by Crippen LogP contribution is -2.32. The highest BCUT2D eigenvalue weighted by Gasteiger charge is 2.16. The van der Waals surface area contributed by atoms with Crippen LogP contribution in [-0.4, -0.2) is 22.9 Å². The van der Waals surface area contributed by atoms with Crippen molar-refractivity contribution in [1.82, 2.24) is 5.32 Å². The molecule has 3 nitrogen and oxygen atoms in total. The maximum atomic E-state index is 11.9. The first-order valence-corrected chi connectivity index (χ1v) is 8.96. The summed E-state index contributed by atoms with van der Waals surface area (Å²) in [5.41, 5.74) is 1.08. The maximum absolute atomic E-state index is 11.9. The molecule has 0 saturated heterocycles. The minimum Gasteiger partial charge on any atom is -0.444 e. The van der Waals surface area contributed by atoms with E-state index in [1.165, 1.54) is 0 Å². The minimum atomic E-state index is -0.403. The Balaban J connectivity index is 2.12. The molecule has 0 aliphatic carbocycles. The van der Waals surface area contributed by atoms with Crippen molar-refractivity contribution in [3.63, 3.8) is 0 Å². The number of benzene rings is 2. The first kappa shape index (κ1) is 16.3. The molecule has 0 aromatic heterocycles. The fraction of sp³-hybridized carbons (Fsp3) is 0.312. The van der Waals surface area contributed by atoms with Gasteiger partial charge in [0.15, 0.2) is 0 Å². The van der Waals surface area contributed by atoms with Crippen molar-refractivity contribution in [3.8, 4) is 0 Å². The van der Waals surface area contributed by atoms with Gasteiger partial charge in [-0.3, -0.25) is 0 Å². The van der Waals surface area contributed by atoms with Gasteiger partial charge in [0.25, 0.3) is 0 Å². The van der Waals surface area contributed by atoms with E-state index in [2.05, 4.69) is 55.4 Å². The van der Waals surface area contributed by atoms with E-state index in [4.69, 9.17) is 4.74 Å². The highest BCUT2D eigenvalue weighted by atomic mass is 79.9. The van der Waals surface area contributed by atoms with Crippen molar-refractivity contribution in [3.05, 3.63) is 48.0 Å². The Hall–Kier alpha value is -1.07. The van der Waals surface area contributed by atoms with Crippen LogP contribution in [0.3, 0.4) is 0 Å². The summed E-state index contributed by atoms with van der Waals surface area (Å²) in [5, 5.41) is 6.40. The van der Waals surface area contributed by atoms with Gasteiger partial charge in [-0.25, -0.2) is 4.79 Å². The molecule has 0 aliphatic heterocycles. The monoisotopic (exact) mass is 413 g/mol. The first-order chi connectivity index (χ1) is 10.2. The number of fused-ring (bicyclic) bond motifs is 1. The fourth-order valence-corrected chi connectivity index (χ4v) is 3.51. The van der Waals surface area contributed by atoms with E-state index in [0.29, 0.717) is 10.7 Å². The van der Waals surface area contributed by atoms with Gasteiger partial charge in [0.2, 0.25) is 0 Å². The van der Waals surface area contributed by atoms with Crippen LogP contribution < -0.4 is 5.32 Å². The van der Waals surface area contributed by atoms with Crippen molar-refractivity contribution in [2.24, 2.45) is 0 Å². The van der Waals surface area contributed by atoms with Crippen molar-refractivity contribution in [1.29, 1.82) is 0 Å². The average molecular weight is 415 g/mol. The number of rotatable bonds is 5. The molecule has 0 radical (unpaired) electrons. The van der Waals surface area contributed by atoms with E-state index >= 15 is 0 Å². The van der Waals surface area contributed by atoms with Gasteiger partial charge < -0.3 is 10.1 Å². The summed E-state index contributed by atoms with van der Waals surface area (Å²) in [6.45, 7) is 1.96. The number of carbonyl (C=O) groups excluding carboxylic acids is 1. The molecule has 0 fully saturated rings. The Bertz CT molecular complexity index is 609. The third kappa shape index (κ3) is 4.20. The maximum Gasteiger partial charge on any atom is 0.407 e. The Morgan fingerprint density at radius 3 is 2.52 bits per heavy atom. The number of alkyl carbamates (subject to hydrolysis) is 1. The molecule has 0 spiro atoms. The quantitative estimate of drug-likeness (QED) is 0.714. The summed E-state index contributed by atoms with van der Waals surface area (Å²) in [4.78, 5) is 11.9. The number of nitrogens with one attached hydrogen (secondary N) is 1. The number of hydrogen-bond acceptors (Lipinski definition) is 2. The van der Waals surface area contributed by atoms with Crippen LogP contribution in [0.25, 0.3) is 10.8 Å². The second-order valence-corrected chi connectivity index (χ2v) is 6.07. The molecule has 21 heavy (non-hydrogen) atoms. The van der Waals surface area contributed by atoms with Gasteiger partial charge >= 0.3 is 6.09 Å². The third-order valence-electron chi connectivity index (χ3n) is 3.24. The molecule has 0 unspecified atom stereocenters. The van der Waals surface area contributed by atoms with E-state index in [9.17, 15) is 4.79 Å². The van der Waals surface area contributed by atoms with Crippen LogP contribution in [0.4, 0.5) is 4.79 Å². The minimum absolute atomic E-state index is 0.116. The lowest BCUT2D eigenvalue weighted by molar-refractivity contribution is 0.117. The average Bonchev–Trinajstić information content (AvgIpc) is 2.51. The second-order valence-electron chi connectivity index (χ2n) is 4.77. The molecule has 0 heterocycles. The normalized spacial score (nSPS) is 12.4. The predicted octanol–water partition coefficient (Wildman–Crippen LogP) is 4.79. The Kier molecular flexibility index (Phi) is 6.06. The Morgan fingerprint density at radius 1 is 1.14 bits per heavy atom. The summed E-state index contributed by atoms with van der Waals surface area (Å²) in [6.07, 6.45) is -0.580. The highest BCUT2D eigenvalue weighted by Crippen LogP contribution is 2.24. The van der Waals surface area contributed by atoms with Gasteiger partial charge in [-0.1, -0.05) is 74.3 Å². The summed E-state index contributed by atoms with van der Waals surface area (Å²) >= 11 is 6.63. The zero-order valence-corrected chi connectivity index (χ0v) is 14.9.